The molecule has 0 radical (unpaired) electrons. The van der Waals surface area contributed by atoms with Crippen LogP contribution >= 0.6 is 11.6 Å². The Morgan fingerprint density at radius 2 is 1.63 bits per heavy atom. The summed E-state index contributed by atoms with van der Waals surface area (Å²) >= 11 is 5.78. The number of carbonyl (C=O) groups excluding carboxylic acids is 2. The number of halogens is 1. The van der Waals surface area contributed by atoms with Crippen molar-refractivity contribution in [3.8, 4) is 5.75 Å². The highest BCUT2D eigenvalue weighted by atomic mass is 35.5. The highest BCUT2D eigenvalue weighted by Crippen LogP contribution is 2.22. The van der Waals surface area contributed by atoms with E-state index in [0.29, 0.717) is 10.6 Å². The topological polar surface area (TPSA) is 67.4 Å². The molecule has 3 aromatic rings. The SMILES string of the molecule is COc1ccc2cc(/C=C/C(=O)NNC(=O)c3ccc(Cl)cc3)ccc2c1. The summed E-state index contributed by atoms with van der Waals surface area (Å²) in [7, 11) is 1.63. The Kier molecular flexibility index (Phi) is 5.74. The van der Waals surface area contributed by atoms with E-state index in [-0.39, 0.29) is 0 Å². The molecule has 2 amide bonds. The normalized spacial score (nSPS) is 10.7. The van der Waals surface area contributed by atoms with E-state index in [2.05, 4.69) is 10.9 Å². The number of carbonyl (C=O) groups is 2. The molecule has 0 aliphatic carbocycles. The number of benzene rings is 3. The molecule has 0 fully saturated rings. The molecule has 0 aliphatic heterocycles. The van der Waals surface area contributed by atoms with Gasteiger partial charge >= 0.3 is 0 Å². The predicted octanol–water partition coefficient (Wildman–Crippen LogP) is 3.98. The van der Waals surface area contributed by atoms with Crippen molar-refractivity contribution in [2.24, 2.45) is 0 Å². The lowest BCUT2D eigenvalue weighted by molar-refractivity contribution is -0.117. The second-order valence-corrected chi connectivity index (χ2v) is 6.19. The van der Waals surface area contributed by atoms with Crippen molar-refractivity contribution in [1.82, 2.24) is 10.9 Å². The van der Waals surface area contributed by atoms with E-state index in [9.17, 15) is 9.59 Å². The number of ether oxygens (including phenoxy) is 1. The van der Waals surface area contributed by atoms with Gasteiger partial charge in [-0.1, -0.05) is 29.8 Å². The zero-order valence-corrected chi connectivity index (χ0v) is 15.3. The quantitative estimate of drug-likeness (QED) is 0.531. The fraction of sp³-hybridized carbons (Fsp3) is 0.0476. The van der Waals surface area contributed by atoms with Gasteiger partial charge in [0.1, 0.15) is 5.75 Å². The monoisotopic (exact) mass is 380 g/mol. The van der Waals surface area contributed by atoms with Crippen molar-refractivity contribution in [2.75, 3.05) is 7.11 Å². The van der Waals surface area contributed by atoms with Gasteiger partial charge in [0.05, 0.1) is 7.11 Å². The van der Waals surface area contributed by atoms with E-state index in [1.165, 1.54) is 6.08 Å². The number of nitrogens with one attached hydrogen (secondary N) is 2. The molecule has 5 nitrogen and oxygen atoms in total. The fourth-order valence-corrected chi connectivity index (χ4v) is 2.60. The summed E-state index contributed by atoms with van der Waals surface area (Å²) in [6.45, 7) is 0. The Balaban J connectivity index is 1.60. The van der Waals surface area contributed by atoms with Crippen molar-refractivity contribution in [2.45, 2.75) is 0 Å². The Hall–Kier alpha value is -3.31. The van der Waals surface area contributed by atoms with Crippen LogP contribution in [0.4, 0.5) is 0 Å². The Bertz CT molecular complexity index is 1010. The second kappa shape index (κ2) is 8.38. The number of fused-ring (bicyclic) bond motifs is 1. The molecule has 3 aromatic carbocycles. The predicted molar refractivity (Wildman–Crippen MR) is 107 cm³/mol. The van der Waals surface area contributed by atoms with E-state index < -0.39 is 11.8 Å². The summed E-state index contributed by atoms with van der Waals surface area (Å²) in [5.74, 6) is -0.0678. The molecule has 0 bridgehead atoms. The first kappa shape index (κ1) is 18.5. The zero-order valence-electron chi connectivity index (χ0n) is 14.5. The van der Waals surface area contributed by atoms with Crippen molar-refractivity contribution < 1.29 is 14.3 Å². The molecule has 27 heavy (non-hydrogen) atoms. The van der Waals surface area contributed by atoms with E-state index in [0.717, 1.165) is 22.1 Å². The summed E-state index contributed by atoms with van der Waals surface area (Å²) in [4.78, 5) is 23.8. The Morgan fingerprint density at radius 3 is 2.37 bits per heavy atom. The summed E-state index contributed by atoms with van der Waals surface area (Å²) in [6, 6.07) is 18.0. The van der Waals surface area contributed by atoms with Gasteiger partial charge in [0.15, 0.2) is 0 Å². The minimum absolute atomic E-state index is 0.397. The fourth-order valence-electron chi connectivity index (χ4n) is 2.48. The largest absolute Gasteiger partial charge is 0.497 e. The number of amides is 2. The molecular weight excluding hydrogens is 364 g/mol. The molecular formula is C21H17ClN2O3. The molecule has 0 atom stereocenters. The summed E-state index contributed by atoms with van der Waals surface area (Å²) < 4.78 is 5.21. The first-order chi connectivity index (χ1) is 13.0. The highest BCUT2D eigenvalue weighted by molar-refractivity contribution is 6.30. The summed E-state index contributed by atoms with van der Waals surface area (Å²) in [6.07, 6.45) is 3.03. The molecule has 0 unspecified atom stereocenters. The van der Waals surface area contributed by atoms with Crippen molar-refractivity contribution in [1.29, 1.82) is 0 Å². The van der Waals surface area contributed by atoms with Crippen LogP contribution in [0, 0.1) is 0 Å². The maximum absolute atomic E-state index is 11.9. The third-order valence-corrected chi connectivity index (χ3v) is 4.16. The van der Waals surface area contributed by atoms with E-state index in [1.807, 2.05) is 36.4 Å². The molecule has 136 valence electrons. The zero-order chi connectivity index (χ0) is 19.2. The van der Waals surface area contributed by atoms with Crippen molar-refractivity contribution >= 4 is 40.3 Å². The molecule has 3 rings (SSSR count). The number of methoxy groups -OCH3 is 1. The van der Waals surface area contributed by atoms with E-state index in [1.54, 1.807) is 37.5 Å². The third-order valence-electron chi connectivity index (χ3n) is 3.90. The van der Waals surface area contributed by atoms with Gasteiger partial charge in [-0.2, -0.15) is 0 Å². The smallest absolute Gasteiger partial charge is 0.269 e. The van der Waals surface area contributed by atoms with Gasteiger partial charge in [0.25, 0.3) is 11.8 Å². The van der Waals surface area contributed by atoms with Crippen LogP contribution in [0.2, 0.25) is 5.02 Å². The summed E-state index contributed by atoms with van der Waals surface area (Å²) in [5.41, 5.74) is 5.96. The minimum atomic E-state index is -0.438. The molecule has 2 N–H and O–H groups in total. The number of rotatable bonds is 4. The molecule has 0 heterocycles. The van der Waals surface area contributed by atoms with Gasteiger partial charge in [0, 0.05) is 16.7 Å². The maximum atomic E-state index is 11.9. The highest BCUT2D eigenvalue weighted by Gasteiger charge is 2.05. The second-order valence-electron chi connectivity index (χ2n) is 5.76. The Labute approximate surface area is 161 Å². The first-order valence-corrected chi connectivity index (χ1v) is 8.55. The van der Waals surface area contributed by atoms with E-state index in [4.69, 9.17) is 16.3 Å². The van der Waals surface area contributed by atoms with Crippen molar-refractivity contribution in [3.05, 3.63) is 82.9 Å². The molecule has 0 aromatic heterocycles. The van der Waals surface area contributed by atoms with E-state index >= 15 is 0 Å². The van der Waals surface area contributed by atoms with Crippen LogP contribution in [-0.2, 0) is 4.79 Å². The van der Waals surface area contributed by atoms with Gasteiger partial charge in [-0.15, -0.1) is 0 Å². The lowest BCUT2D eigenvalue weighted by Gasteiger charge is -2.05. The van der Waals surface area contributed by atoms with Gasteiger partial charge in [-0.3, -0.25) is 20.4 Å². The van der Waals surface area contributed by atoms with Gasteiger partial charge in [0.2, 0.25) is 0 Å². The van der Waals surface area contributed by atoms with Gasteiger partial charge in [-0.25, -0.2) is 0 Å². The average Bonchev–Trinajstić information content (AvgIpc) is 2.70. The lowest BCUT2D eigenvalue weighted by atomic mass is 10.1. The molecule has 6 heteroatoms. The average molecular weight is 381 g/mol. The van der Waals surface area contributed by atoms with Crippen LogP contribution in [0.15, 0.2) is 66.7 Å². The van der Waals surface area contributed by atoms with Crippen LogP contribution in [0.1, 0.15) is 15.9 Å². The Morgan fingerprint density at radius 1 is 0.926 bits per heavy atom. The number of hydrazine groups is 1. The maximum Gasteiger partial charge on any atom is 0.269 e. The number of hydrogen-bond acceptors (Lipinski definition) is 3. The van der Waals surface area contributed by atoms with Crippen LogP contribution in [0.25, 0.3) is 16.8 Å². The van der Waals surface area contributed by atoms with Crippen molar-refractivity contribution in [3.63, 3.8) is 0 Å². The van der Waals surface area contributed by atoms with Crippen LogP contribution in [0.3, 0.4) is 0 Å². The minimum Gasteiger partial charge on any atom is -0.497 e. The molecule has 0 spiro atoms. The van der Waals surface area contributed by atoms with Crippen LogP contribution in [0.5, 0.6) is 5.75 Å². The molecule has 0 aliphatic rings. The third kappa shape index (κ3) is 4.86. The summed E-state index contributed by atoms with van der Waals surface area (Å²) in [5, 5.41) is 2.62. The molecule has 0 saturated carbocycles. The standard InChI is InChI=1S/C21H17ClN2O3/c1-27-19-10-7-16-12-14(2-4-17(16)13-19)3-11-20(25)23-24-21(26)15-5-8-18(22)9-6-15/h2-13H,1H3,(H,23,25)(H,24,26)/b11-3+. The van der Waals surface area contributed by atoms with Crippen LogP contribution in [-0.4, -0.2) is 18.9 Å². The van der Waals surface area contributed by atoms with Gasteiger partial charge < -0.3 is 4.74 Å². The lowest BCUT2D eigenvalue weighted by Crippen LogP contribution is -2.40. The number of hydrogen-bond donors (Lipinski definition) is 2. The first-order valence-electron chi connectivity index (χ1n) is 8.17. The van der Waals surface area contributed by atoms with Gasteiger partial charge in [-0.05, 0) is 64.9 Å². The molecule has 0 saturated heterocycles. The van der Waals surface area contributed by atoms with Crippen LogP contribution < -0.4 is 15.6 Å².